The van der Waals surface area contributed by atoms with Gasteiger partial charge in [0.05, 0.1) is 11.3 Å². The summed E-state index contributed by atoms with van der Waals surface area (Å²) >= 11 is 0. The van der Waals surface area contributed by atoms with Crippen molar-refractivity contribution >= 4 is 11.8 Å². The standard InChI is InChI=1S/C24H31N5O2/c1-27-22(19-8-2-3-9-21(19)26-27)24(31)29-14-6-7-18(16-29)20-11-10-17(15-25-20)23(30)28-12-4-5-13-28/h10-11,15,18H,2-9,12-14,16H2,1H3/t18-/m0/s1. The van der Waals surface area contributed by atoms with Crippen molar-refractivity contribution in [3.8, 4) is 0 Å². The molecule has 2 aliphatic heterocycles. The summed E-state index contributed by atoms with van der Waals surface area (Å²) in [5.74, 6) is 0.388. The maximum Gasteiger partial charge on any atom is 0.272 e. The summed E-state index contributed by atoms with van der Waals surface area (Å²) < 4.78 is 1.79. The smallest absolute Gasteiger partial charge is 0.272 e. The number of fused-ring (bicyclic) bond motifs is 1. The number of carbonyl (C=O) groups is 2. The fourth-order valence-corrected chi connectivity index (χ4v) is 5.38. The minimum Gasteiger partial charge on any atom is -0.339 e. The molecule has 0 aromatic carbocycles. The average molecular weight is 422 g/mol. The molecule has 0 unspecified atom stereocenters. The van der Waals surface area contributed by atoms with Crippen LogP contribution in [0.5, 0.6) is 0 Å². The summed E-state index contributed by atoms with van der Waals surface area (Å²) in [6, 6.07) is 3.88. The Morgan fingerprint density at radius 3 is 2.48 bits per heavy atom. The van der Waals surface area contributed by atoms with E-state index in [1.807, 2.05) is 29.0 Å². The summed E-state index contributed by atoms with van der Waals surface area (Å²) in [5.41, 5.74) is 4.67. The highest BCUT2D eigenvalue weighted by atomic mass is 16.2. The first-order chi connectivity index (χ1) is 15.1. The highest BCUT2D eigenvalue weighted by Crippen LogP contribution is 2.29. The van der Waals surface area contributed by atoms with Crippen LogP contribution in [-0.4, -0.2) is 62.6 Å². The van der Waals surface area contributed by atoms with Gasteiger partial charge in [-0.25, -0.2) is 0 Å². The van der Waals surface area contributed by atoms with E-state index >= 15 is 0 Å². The Kier molecular flexibility index (Phi) is 5.50. The third-order valence-electron chi connectivity index (χ3n) is 7.07. The van der Waals surface area contributed by atoms with Gasteiger partial charge in [0.1, 0.15) is 5.69 Å². The Morgan fingerprint density at radius 2 is 1.71 bits per heavy atom. The van der Waals surface area contributed by atoms with Crippen LogP contribution in [0, 0.1) is 0 Å². The number of rotatable bonds is 3. The third-order valence-corrected chi connectivity index (χ3v) is 7.07. The van der Waals surface area contributed by atoms with Gasteiger partial charge in [0.15, 0.2) is 0 Å². The summed E-state index contributed by atoms with van der Waals surface area (Å²) in [4.78, 5) is 34.5. The van der Waals surface area contributed by atoms with Crippen LogP contribution in [0.4, 0.5) is 0 Å². The van der Waals surface area contributed by atoms with Gasteiger partial charge in [0.2, 0.25) is 0 Å². The molecule has 4 heterocycles. The summed E-state index contributed by atoms with van der Waals surface area (Å²) in [6.45, 7) is 3.14. The van der Waals surface area contributed by atoms with Crippen LogP contribution < -0.4 is 0 Å². The number of likely N-dealkylation sites (tertiary alicyclic amines) is 2. The van der Waals surface area contributed by atoms with Gasteiger partial charge in [-0.15, -0.1) is 0 Å². The van der Waals surface area contributed by atoms with Crippen molar-refractivity contribution in [3.63, 3.8) is 0 Å². The second kappa shape index (κ2) is 8.44. The van der Waals surface area contributed by atoms with Crippen LogP contribution in [-0.2, 0) is 19.9 Å². The molecular weight excluding hydrogens is 390 g/mol. The van der Waals surface area contributed by atoms with Gasteiger partial charge in [-0.05, 0) is 63.5 Å². The number of nitrogens with zero attached hydrogens (tertiary/aromatic N) is 5. The van der Waals surface area contributed by atoms with E-state index in [1.54, 1.807) is 10.9 Å². The molecule has 3 aliphatic rings. The SMILES string of the molecule is Cn1nc2c(c1C(=O)N1CCC[C@H](c3ccc(C(=O)N4CCCC4)cn3)C1)CCCC2. The van der Waals surface area contributed by atoms with Crippen molar-refractivity contribution in [2.75, 3.05) is 26.2 Å². The monoisotopic (exact) mass is 421 g/mol. The molecular formula is C24H31N5O2. The summed E-state index contributed by atoms with van der Waals surface area (Å²) in [5, 5.41) is 4.62. The molecule has 2 saturated heterocycles. The number of carbonyl (C=O) groups excluding carboxylic acids is 2. The molecule has 2 fully saturated rings. The van der Waals surface area contributed by atoms with Gasteiger partial charge in [0.25, 0.3) is 11.8 Å². The first kappa shape index (κ1) is 20.2. The van der Waals surface area contributed by atoms with Crippen LogP contribution in [0.2, 0.25) is 0 Å². The lowest BCUT2D eigenvalue weighted by Crippen LogP contribution is -2.40. The molecule has 164 valence electrons. The van der Waals surface area contributed by atoms with Crippen molar-refractivity contribution in [2.45, 2.75) is 57.3 Å². The molecule has 5 rings (SSSR count). The first-order valence-corrected chi connectivity index (χ1v) is 11.7. The van der Waals surface area contributed by atoms with Crippen molar-refractivity contribution in [3.05, 3.63) is 46.5 Å². The average Bonchev–Trinajstić information content (AvgIpc) is 3.46. The van der Waals surface area contributed by atoms with Crippen molar-refractivity contribution < 1.29 is 9.59 Å². The summed E-state index contributed by atoms with van der Waals surface area (Å²) in [6.07, 6.45) is 10.1. The highest BCUT2D eigenvalue weighted by Gasteiger charge is 2.31. The number of aryl methyl sites for hydroxylation is 2. The van der Waals surface area contributed by atoms with Crippen molar-refractivity contribution in [1.29, 1.82) is 0 Å². The van der Waals surface area contributed by atoms with E-state index in [9.17, 15) is 9.59 Å². The van der Waals surface area contributed by atoms with E-state index < -0.39 is 0 Å². The lowest BCUT2D eigenvalue weighted by Gasteiger charge is -2.33. The maximum atomic E-state index is 13.4. The summed E-state index contributed by atoms with van der Waals surface area (Å²) in [7, 11) is 1.89. The van der Waals surface area contributed by atoms with Crippen LogP contribution in [0.3, 0.4) is 0 Å². The van der Waals surface area contributed by atoms with E-state index in [0.717, 1.165) is 93.6 Å². The van der Waals surface area contributed by atoms with Crippen molar-refractivity contribution in [2.24, 2.45) is 7.05 Å². The first-order valence-electron chi connectivity index (χ1n) is 11.7. The predicted octanol–water partition coefficient (Wildman–Crippen LogP) is 2.95. The predicted molar refractivity (Wildman–Crippen MR) is 117 cm³/mol. The molecule has 0 N–H and O–H groups in total. The molecule has 0 spiro atoms. The van der Waals surface area contributed by atoms with Crippen LogP contribution in [0.15, 0.2) is 18.3 Å². The van der Waals surface area contributed by atoms with Gasteiger partial charge in [-0.1, -0.05) is 0 Å². The molecule has 1 atom stereocenters. The maximum absolute atomic E-state index is 13.4. The molecule has 0 bridgehead atoms. The zero-order valence-electron chi connectivity index (χ0n) is 18.3. The zero-order valence-corrected chi connectivity index (χ0v) is 18.3. The topological polar surface area (TPSA) is 71.3 Å². The normalized spacial score (nSPS) is 21.3. The number of piperidine rings is 1. The molecule has 0 saturated carbocycles. The fourth-order valence-electron chi connectivity index (χ4n) is 5.38. The van der Waals surface area contributed by atoms with Gasteiger partial charge in [-0.2, -0.15) is 5.10 Å². The molecule has 2 aromatic rings. The van der Waals surface area contributed by atoms with Gasteiger partial charge < -0.3 is 9.80 Å². The molecule has 7 heteroatoms. The molecule has 2 amide bonds. The fraction of sp³-hybridized carbons (Fsp3) is 0.583. The largest absolute Gasteiger partial charge is 0.339 e. The van der Waals surface area contributed by atoms with Crippen LogP contribution >= 0.6 is 0 Å². The number of pyridine rings is 1. The molecule has 31 heavy (non-hydrogen) atoms. The third kappa shape index (κ3) is 3.86. The molecule has 7 nitrogen and oxygen atoms in total. The second-order valence-electron chi connectivity index (χ2n) is 9.17. The number of hydrogen-bond acceptors (Lipinski definition) is 4. The lowest BCUT2D eigenvalue weighted by atomic mass is 9.92. The van der Waals surface area contributed by atoms with Crippen molar-refractivity contribution in [1.82, 2.24) is 24.6 Å². The quantitative estimate of drug-likeness (QED) is 0.764. The zero-order chi connectivity index (χ0) is 21.4. The van der Waals surface area contributed by atoms with Gasteiger partial charge in [0, 0.05) is 56.6 Å². The Bertz CT molecular complexity index is 975. The molecule has 2 aromatic heterocycles. The van der Waals surface area contributed by atoms with E-state index in [0.29, 0.717) is 12.1 Å². The number of hydrogen-bond donors (Lipinski definition) is 0. The van der Waals surface area contributed by atoms with Gasteiger partial charge in [-0.3, -0.25) is 19.3 Å². The van der Waals surface area contributed by atoms with E-state index in [-0.39, 0.29) is 17.7 Å². The Morgan fingerprint density at radius 1 is 0.935 bits per heavy atom. The van der Waals surface area contributed by atoms with Crippen LogP contribution in [0.25, 0.3) is 0 Å². The minimum atomic E-state index is 0.0815. The van der Waals surface area contributed by atoms with E-state index in [1.165, 1.54) is 0 Å². The van der Waals surface area contributed by atoms with E-state index in [2.05, 4.69) is 10.1 Å². The number of amides is 2. The van der Waals surface area contributed by atoms with Gasteiger partial charge >= 0.3 is 0 Å². The highest BCUT2D eigenvalue weighted by molar-refractivity contribution is 5.95. The Hall–Kier alpha value is -2.70. The molecule has 1 aliphatic carbocycles. The minimum absolute atomic E-state index is 0.0815. The molecule has 0 radical (unpaired) electrons. The number of aromatic nitrogens is 3. The Balaban J connectivity index is 1.30. The second-order valence-corrected chi connectivity index (χ2v) is 9.17. The van der Waals surface area contributed by atoms with Crippen LogP contribution in [0.1, 0.15) is 82.2 Å². The Labute approximate surface area is 183 Å². The van der Waals surface area contributed by atoms with E-state index in [4.69, 9.17) is 0 Å². The lowest BCUT2D eigenvalue weighted by molar-refractivity contribution is 0.0693.